The highest BCUT2D eigenvalue weighted by Gasteiger charge is 2.24. The minimum Gasteiger partial charge on any atom is -0.507 e. The van der Waals surface area contributed by atoms with E-state index in [0.29, 0.717) is 35.4 Å². The van der Waals surface area contributed by atoms with Gasteiger partial charge in [0.1, 0.15) is 11.4 Å². The van der Waals surface area contributed by atoms with E-state index in [-0.39, 0.29) is 5.75 Å². The largest absolute Gasteiger partial charge is 0.507 e. The van der Waals surface area contributed by atoms with Crippen molar-refractivity contribution in [3.63, 3.8) is 0 Å². The van der Waals surface area contributed by atoms with E-state index in [4.69, 9.17) is 0 Å². The van der Waals surface area contributed by atoms with Gasteiger partial charge in [-0.1, -0.05) is 6.07 Å². The Morgan fingerprint density at radius 2 is 2.09 bits per heavy atom. The van der Waals surface area contributed by atoms with Crippen molar-refractivity contribution in [2.45, 2.75) is 38.7 Å². The van der Waals surface area contributed by atoms with Gasteiger partial charge in [-0.15, -0.1) is 10.2 Å². The molecule has 22 heavy (non-hydrogen) atoms. The van der Waals surface area contributed by atoms with Gasteiger partial charge in [-0.2, -0.15) is 0 Å². The van der Waals surface area contributed by atoms with Crippen LogP contribution in [0.4, 0.5) is 5.95 Å². The van der Waals surface area contributed by atoms with Gasteiger partial charge in [0.2, 0.25) is 5.95 Å². The third-order valence-electron chi connectivity index (χ3n) is 3.74. The van der Waals surface area contributed by atoms with E-state index >= 15 is 0 Å². The maximum Gasteiger partial charge on any atom is 0.243 e. The standard InChI is InChI=1S/C16H20N4O2/c1-9(21)8-17-16-18-10(2)15(19-20-16)13-6-5-12(7-14(13)22)11-3-4-11/h5-7,9,11,21-22H,3-4,8H2,1-2H3,(H,17,18,20)/t9-/m1/s1. The Hall–Kier alpha value is -2.21. The molecule has 1 aliphatic rings. The number of benzene rings is 1. The van der Waals surface area contributed by atoms with E-state index < -0.39 is 6.10 Å². The second kappa shape index (κ2) is 5.88. The van der Waals surface area contributed by atoms with Crippen LogP contribution in [0.2, 0.25) is 0 Å². The molecule has 1 heterocycles. The average molecular weight is 300 g/mol. The lowest BCUT2D eigenvalue weighted by atomic mass is 10.0. The quantitative estimate of drug-likeness (QED) is 0.784. The molecule has 0 radical (unpaired) electrons. The first-order valence-corrected chi connectivity index (χ1v) is 7.51. The van der Waals surface area contributed by atoms with Gasteiger partial charge < -0.3 is 15.5 Å². The molecule has 1 aliphatic carbocycles. The summed E-state index contributed by atoms with van der Waals surface area (Å²) in [6, 6.07) is 5.73. The number of rotatable bonds is 5. The third-order valence-corrected chi connectivity index (χ3v) is 3.74. The van der Waals surface area contributed by atoms with Crippen molar-refractivity contribution in [2.75, 3.05) is 11.9 Å². The van der Waals surface area contributed by atoms with Crippen molar-refractivity contribution in [1.82, 2.24) is 15.2 Å². The molecule has 0 saturated heterocycles. The predicted molar refractivity (Wildman–Crippen MR) is 83.8 cm³/mol. The second-order valence-corrected chi connectivity index (χ2v) is 5.85. The second-order valence-electron chi connectivity index (χ2n) is 5.85. The van der Waals surface area contributed by atoms with Gasteiger partial charge in [0.05, 0.1) is 11.8 Å². The van der Waals surface area contributed by atoms with Crippen LogP contribution in [-0.4, -0.2) is 38.0 Å². The number of nitrogens with one attached hydrogen (secondary N) is 1. The summed E-state index contributed by atoms with van der Waals surface area (Å²) in [7, 11) is 0. The van der Waals surface area contributed by atoms with Crippen LogP contribution in [0.25, 0.3) is 11.3 Å². The lowest BCUT2D eigenvalue weighted by molar-refractivity contribution is 0.208. The Labute approximate surface area is 129 Å². The van der Waals surface area contributed by atoms with Crippen LogP contribution in [-0.2, 0) is 0 Å². The molecule has 1 saturated carbocycles. The fraction of sp³-hybridized carbons (Fsp3) is 0.438. The normalized spacial score (nSPS) is 15.6. The molecule has 0 aliphatic heterocycles. The third kappa shape index (κ3) is 3.17. The van der Waals surface area contributed by atoms with Gasteiger partial charge in [0.15, 0.2) is 0 Å². The van der Waals surface area contributed by atoms with Crippen molar-refractivity contribution in [3.8, 4) is 17.0 Å². The Balaban J connectivity index is 1.85. The zero-order valence-electron chi connectivity index (χ0n) is 12.7. The molecule has 1 fully saturated rings. The number of anilines is 1. The van der Waals surface area contributed by atoms with Crippen molar-refractivity contribution in [1.29, 1.82) is 0 Å². The number of aromatic hydroxyl groups is 1. The number of aliphatic hydroxyl groups excluding tert-OH is 1. The highest BCUT2D eigenvalue weighted by atomic mass is 16.3. The van der Waals surface area contributed by atoms with Crippen LogP contribution in [0, 0.1) is 6.92 Å². The van der Waals surface area contributed by atoms with E-state index in [9.17, 15) is 10.2 Å². The maximum absolute atomic E-state index is 10.2. The SMILES string of the molecule is Cc1nc(NC[C@@H](C)O)nnc1-c1ccc(C2CC2)cc1O. The highest BCUT2D eigenvalue weighted by Crippen LogP contribution is 2.42. The van der Waals surface area contributed by atoms with E-state index in [1.165, 1.54) is 18.4 Å². The zero-order chi connectivity index (χ0) is 15.7. The van der Waals surface area contributed by atoms with Crippen molar-refractivity contribution in [3.05, 3.63) is 29.5 Å². The van der Waals surface area contributed by atoms with Crippen LogP contribution in [0.3, 0.4) is 0 Å². The van der Waals surface area contributed by atoms with Crippen LogP contribution in [0.5, 0.6) is 5.75 Å². The number of phenolic OH excluding ortho intramolecular Hbond substituents is 1. The molecule has 6 nitrogen and oxygen atoms in total. The molecule has 2 aromatic rings. The highest BCUT2D eigenvalue weighted by molar-refractivity contribution is 5.69. The van der Waals surface area contributed by atoms with Gasteiger partial charge in [-0.25, -0.2) is 4.98 Å². The first kappa shape index (κ1) is 14.7. The summed E-state index contributed by atoms with van der Waals surface area (Å²) in [5, 5.41) is 30.6. The van der Waals surface area contributed by atoms with Crippen LogP contribution < -0.4 is 5.32 Å². The van der Waals surface area contributed by atoms with Gasteiger partial charge in [0, 0.05) is 12.1 Å². The molecule has 1 aromatic carbocycles. The van der Waals surface area contributed by atoms with Crippen molar-refractivity contribution in [2.24, 2.45) is 0 Å². The van der Waals surface area contributed by atoms with Crippen LogP contribution in [0.15, 0.2) is 18.2 Å². The number of aromatic nitrogens is 3. The van der Waals surface area contributed by atoms with Crippen LogP contribution >= 0.6 is 0 Å². The Morgan fingerprint density at radius 3 is 2.68 bits per heavy atom. The number of aryl methyl sites for hydroxylation is 1. The number of phenols is 1. The molecular weight excluding hydrogens is 280 g/mol. The lowest BCUT2D eigenvalue weighted by Gasteiger charge is -2.10. The smallest absolute Gasteiger partial charge is 0.243 e. The van der Waals surface area contributed by atoms with E-state index in [0.717, 1.165) is 0 Å². The number of nitrogens with zero attached hydrogens (tertiary/aromatic N) is 3. The average Bonchev–Trinajstić information content (AvgIpc) is 3.30. The number of hydrogen-bond donors (Lipinski definition) is 3. The topological polar surface area (TPSA) is 91.2 Å². The molecule has 0 unspecified atom stereocenters. The summed E-state index contributed by atoms with van der Waals surface area (Å²) in [6.07, 6.45) is 1.91. The number of aliphatic hydroxyl groups is 1. The molecule has 0 spiro atoms. The van der Waals surface area contributed by atoms with Gasteiger partial charge in [0.25, 0.3) is 0 Å². The summed E-state index contributed by atoms with van der Waals surface area (Å²) >= 11 is 0. The molecule has 3 rings (SSSR count). The summed E-state index contributed by atoms with van der Waals surface area (Å²) in [5.41, 5.74) is 3.07. The van der Waals surface area contributed by atoms with Crippen LogP contribution in [0.1, 0.15) is 36.9 Å². The van der Waals surface area contributed by atoms with Crippen molar-refractivity contribution >= 4 is 5.95 Å². The zero-order valence-corrected chi connectivity index (χ0v) is 12.7. The van der Waals surface area contributed by atoms with Gasteiger partial charge >= 0.3 is 0 Å². The Kier molecular flexibility index (Phi) is 3.94. The number of hydrogen-bond acceptors (Lipinski definition) is 6. The maximum atomic E-state index is 10.2. The molecule has 0 bridgehead atoms. The van der Waals surface area contributed by atoms with E-state index in [1.54, 1.807) is 6.92 Å². The lowest BCUT2D eigenvalue weighted by Crippen LogP contribution is -2.17. The molecular formula is C16H20N4O2. The Bertz CT molecular complexity index is 684. The summed E-state index contributed by atoms with van der Waals surface area (Å²) in [5.74, 6) is 1.18. The molecule has 3 N–H and O–H groups in total. The van der Waals surface area contributed by atoms with E-state index in [2.05, 4.69) is 20.5 Å². The van der Waals surface area contributed by atoms with E-state index in [1.807, 2.05) is 25.1 Å². The van der Waals surface area contributed by atoms with Crippen molar-refractivity contribution < 1.29 is 10.2 Å². The fourth-order valence-corrected chi connectivity index (χ4v) is 2.39. The minimum absolute atomic E-state index is 0.216. The minimum atomic E-state index is -0.484. The predicted octanol–water partition coefficient (Wildman–Crippen LogP) is 2.22. The molecule has 0 amide bonds. The summed E-state index contributed by atoms with van der Waals surface area (Å²) in [4.78, 5) is 4.33. The van der Waals surface area contributed by atoms with Gasteiger partial charge in [-0.05, 0) is 50.3 Å². The summed E-state index contributed by atoms with van der Waals surface area (Å²) in [6.45, 7) is 3.87. The monoisotopic (exact) mass is 300 g/mol. The molecule has 116 valence electrons. The summed E-state index contributed by atoms with van der Waals surface area (Å²) < 4.78 is 0. The molecule has 1 atom stereocenters. The first-order chi connectivity index (χ1) is 10.5. The van der Waals surface area contributed by atoms with Gasteiger partial charge in [-0.3, -0.25) is 0 Å². The molecule has 6 heteroatoms. The fourth-order valence-electron chi connectivity index (χ4n) is 2.39. The Morgan fingerprint density at radius 1 is 1.32 bits per heavy atom. The molecule has 1 aromatic heterocycles. The first-order valence-electron chi connectivity index (χ1n) is 7.51.